The molecule has 0 heterocycles. The molecule has 0 saturated heterocycles. The molecule has 53 heavy (non-hydrogen) atoms. The van der Waals surface area contributed by atoms with Crippen LogP contribution >= 0.6 is 0 Å². The Morgan fingerprint density at radius 2 is 0.679 bits per heavy atom. The van der Waals surface area contributed by atoms with Crippen molar-refractivity contribution in [3.63, 3.8) is 0 Å². The van der Waals surface area contributed by atoms with Crippen LogP contribution in [0.15, 0.2) is 224 Å². The van der Waals surface area contributed by atoms with E-state index in [4.69, 9.17) is 0 Å². The Morgan fingerprint density at radius 1 is 0.226 bits per heavy atom. The third kappa shape index (κ3) is 6.53. The average molecular weight is 676 g/mol. The maximum absolute atomic E-state index is 2.36. The summed E-state index contributed by atoms with van der Waals surface area (Å²) in [5, 5.41) is 2.50. The second kappa shape index (κ2) is 14.3. The molecule has 1 heteroatoms. The molecule has 0 aromatic heterocycles. The molecule has 0 fully saturated rings. The van der Waals surface area contributed by atoms with Crippen molar-refractivity contribution in [1.82, 2.24) is 0 Å². The zero-order valence-corrected chi connectivity index (χ0v) is 29.3. The first kappa shape index (κ1) is 32.0. The van der Waals surface area contributed by atoms with E-state index in [9.17, 15) is 0 Å². The van der Waals surface area contributed by atoms with Gasteiger partial charge in [0.15, 0.2) is 0 Å². The lowest BCUT2D eigenvalue weighted by atomic mass is 9.84. The van der Waals surface area contributed by atoms with Gasteiger partial charge < -0.3 is 4.90 Å². The van der Waals surface area contributed by atoms with Crippen molar-refractivity contribution in [2.75, 3.05) is 4.90 Å². The number of rotatable bonds is 8. The van der Waals surface area contributed by atoms with Crippen LogP contribution in [0.3, 0.4) is 0 Å². The summed E-state index contributed by atoms with van der Waals surface area (Å²) < 4.78 is 0. The molecule has 9 aromatic carbocycles. The minimum Gasteiger partial charge on any atom is -0.310 e. The van der Waals surface area contributed by atoms with Crippen LogP contribution in [-0.2, 0) is 0 Å². The Morgan fingerprint density at radius 3 is 1.30 bits per heavy atom. The number of fused-ring (bicyclic) bond motifs is 1. The fourth-order valence-corrected chi connectivity index (χ4v) is 7.44. The zero-order valence-electron chi connectivity index (χ0n) is 29.3. The molecule has 0 spiro atoms. The zero-order chi connectivity index (χ0) is 35.4. The molecule has 0 N–H and O–H groups in total. The molecular formula is C52H37N. The number of nitrogens with zero attached hydrogens (tertiary/aromatic N) is 1. The normalized spacial score (nSPS) is 11.0. The predicted molar refractivity (Wildman–Crippen MR) is 226 cm³/mol. The van der Waals surface area contributed by atoms with Crippen molar-refractivity contribution in [2.45, 2.75) is 0 Å². The van der Waals surface area contributed by atoms with E-state index in [2.05, 4.69) is 229 Å². The van der Waals surface area contributed by atoms with Crippen LogP contribution in [0.2, 0.25) is 0 Å². The third-order valence-electron chi connectivity index (χ3n) is 10.0. The molecule has 0 radical (unpaired) electrons. The lowest BCUT2D eigenvalue weighted by molar-refractivity contribution is 1.28. The van der Waals surface area contributed by atoms with Gasteiger partial charge >= 0.3 is 0 Å². The molecule has 0 bridgehead atoms. The van der Waals surface area contributed by atoms with Crippen LogP contribution < -0.4 is 4.90 Å². The Hall–Kier alpha value is -6.96. The van der Waals surface area contributed by atoms with Gasteiger partial charge in [0.25, 0.3) is 0 Å². The summed E-state index contributed by atoms with van der Waals surface area (Å²) in [4.78, 5) is 2.36. The molecule has 250 valence electrons. The topological polar surface area (TPSA) is 3.24 Å². The fourth-order valence-electron chi connectivity index (χ4n) is 7.44. The van der Waals surface area contributed by atoms with Gasteiger partial charge in [0.05, 0.1) is 0 Å². The van der Waals surface area contributed by atoms with Crippen molar-refractivity contribution >= 4 is 27.8 Å². The summed E-state index contributed by atoms with van der Waals surface area (Å²) in [7, 11) is 0. The molecule has 0 saturated carbocycles. The number of benzene rings is 9. The standard InChI is InChI=1S/C52H37N/c1-5-16-38(17-6-1)46-36-50(41-19-7-2-8-20-41)52(51(37-46)42-21-9-3-10-22-42)45-24-15-27-49(35-45)53(47-25-11-4-12-26-47)48-32-30-40(31-33-48)44-29-28-39-18-13-14-23-43(39)34-44/h1-37H. The predicted octanol–water partition coefficient (Wildman–Crippen LogP) is 14.6. The van der Waals surface area contributed by atoms with Gasteiger partial charge in [0, 0.05) is 17.1 Å². The van der Waals surface area contributed by atoms with Crippen LogP contribution in [0.25, 0.3) is 66.4 Å². The van der Waals surface area contributed by atoms with E-state index in [-0.39, 0.29) is 0 Å². The SMILES string of the molecule is c1ccc(-c2cc(-c3ccccc3)c(-c3cccc(N(c4ccccc4)c4ccc(-c5ccc6ccccc6c5)cc4)c3)c(-c3ccccc3)c2)cc1. The summed E-state index contributed by atoms with van der Waals surface area (Å²) in [6.45, 7) is 0. The van der Waals surface area contributed by atoms with E-state index < -0.39 is 0 Å². The van der Waals surface area contributed by atoms with Crippen molar-refractivity contribution in [3.05, 3.63) is 224 Å². The Labute approximate surface area is 311 Å². The van der Waals surface area contributed by atoms with Gasteiger partial charge in [-0.25, -0.2) is 0 Å². The Balaban J connectivity index is 1.21. The Kier molecular flexibility index (Phi) is 8.66. The lowest BCUT2D eigenvalue weighted by Gasteiger charge is -2.27. The highest BCUT2D eigenvalue weighted by molar-refractivity contribution is 5.98. The summed E-state index contributed by atoms with van der Waals surface area (Å²) in [5.74, 6) is 0. The van der Waals surface area contributed by atoms with Gasteiger partial charge in [-0.15, -0.1) is 0 Å². The monoisotopic (exact) mass is 675 g/mol. The van der Waals surface area contributed by atoms with Gasteiger partial charge in [-0.1, -0.05) is 170 Å². The van der Waals surface area contributed by atoms with Crippen LogP contribution in [0, 0.1) is 0 Å². The van der Waals surface area contributed by atoms with Crippen molar-refractivity contribution < 1.29 is 0 Å². The highest BCUT2D eigenvalue weighted by Gasteiger charge is 2.19. The number of hydrogen-bond donors (Lipinski definition) is 0. The second-order valence-corrected chi connectivity index (χ2v) is 13.4. The number of para-hydroxylation sites is 1. The van der Waals surface area contributed by atoms with Crippen molar-refractivity contribution in [2.24, 2.45) is 0 Å². The van der Waals surface area contributed by atoms with E-state index in [1.807, 2.05) is 0 Å². The molecule has 0 aliphatic rings. The minimum absolute atomic E-state index is 1.09. The fraction of sp³-hybridized carbons (Fsp3) is 0. The highest BCUT2D eigenvalue weighted by Crippen LogP contribution is 2.45. The summed E-state index contributed by atoms with van der Waals surface area (Å²) in [5.41, 5.74) is 15.3. The number of anilines is 3. The molecule has 1 nitrogen and oxygen atoms in total. The smallest absolute Gasteiger partial charge is 0.0467 e. The summed E-state index contributed by atoms with van der Waals surface area (Å²) in [6, 6.07) is 80.9. The highest BCUT2D eigenvalue weighted by atomic mass is 15.1. The van der Waals surface area contributed by atoms with Crippen LogP contribution in [0.4, 0.5) is 17.1 Å². The van der Waals surface area contributed by atoms with E-state index in [0.717, 1.165) is 22.6 Å². The molecule has 0 aliphatic carbocycles. The first-order valence-electron chi connectivity index (χ1n) is 18.2. The van der Waals surface area contributed by atoms with Gasteiger partial charge in [-0.2, -0.15) is 0 Å². The van der Waals surface area contributed by atoms with Crippen LogP contribution in [0.5, 0.6) is 0 Å². The van der Waals surface area contributed by atoms with Crippen molar-refractivity contribution in [1.29, 1.82) is 0 Å². The minimum atomic E-state index is 1.09. The van der Waals surface area contributed by atoms with Crippen molar-refractivity contribution in [3.8, 4) is 55.6 Å². The number of hydrogen-bond acceptors (Lipinski definition) is 1. The van der Waals surface area contributed by atoms with Gasteiger partial charge in [0.1, 0.15) is 0 Å². The van der Waals surface area contributed by atoms with Gasteiger partial charge in [-0.05, 0) is 121 Å². The van der Waals surface area contributed by atoms with Crippen LogP contribution in [-0.4, -0.2) is 0 Å². The van der Waals surface area contributed by atoms with Gasteiger partial charge in [-0.3, -0.25) is 0 Å². The molecule has 9 rings (SSSR count). The molecule has 0 amide bonds. The first-order chi connectivity index (χ1) is 26.3. The third-order valence-corrected chi connectivity index (χ3v) is 10.0. The largest absolute Gasteiger partial charge is 0.310 e. The lowest BCUT2D eigenvalue weighted by Crippen LogP contribution is -2.10. The Bertz CT molecular complexity index is 2570. The maximum Gasteiger partial charge on any atom is 0.0467 e. The second-order valence-electron chi connectivity index (χ2n) is 13.4. The van der Waals surface area contributed by atoms with Crippen LogP contribution in [0.1, 0.15) is 0 Å². The van der Waals surface area contributed by atoms with E-state index in [1.54, 1.807) is 0 Å². The van der Waals surface area contributed by atoms with E-state index >= 15 is 0 Å². The summed E-state index contributed by atoms with van der Waals surface area (Å²) >= 11 is 0. The molecule has 0 aliphatic heterocycles. The van der Waals surface area contributed by atoms with Gasteiger partial charge in [0.2, 0.25) is 0 Å². The van der Waals surface area contributed by atoms with E-state index in [0.29, 0.717) is 0 Å². The van der Waals surface area contributed by atoms with E-state index in [1.165, 1.54) is 60.8 Å². The molecule has 0 atom stereocenters. The average Bonchev–Trinajstić information content (AvgIpc) is 3.25. The molecular weight excluding hydrogens is 639 g/mol. The molecule has 9 aromatic rings. The first-order valence-corrected chi connectivity index (χ1v) is 18.2. The summed E-state index contributed by atoms with van der Waals surface area (Å²) in [6.07, 6.45) is 0. The maximum atomic E-state index is 2.36. The molecule has 0 unspecified atom stereocenters. The quantitative estimate of drug-likeness (QED) is 0.155.